The maximum Gasteiger partial charge on any atom is 0.332 e. The molecule has 5 nitrogen and oxygen atoms in total. The molecule has 0 radical (unpaired) electrons. The Morgan fingerprint density at radius 2 is 2.12 bits per heavy atom. The van der Waals surface area contributed by atoms with Crippen LogP contribution in [0.4, 0.5) is 0 Å². The zero-order chi connectivity index (χ0) is 12.8. The van der Waals surface area contributed by atoms with Crippen molar-refractivity contribution in [2.24, 2.45) is 0 Å². The highest BCUT2D eigenvalue weighted by Gasteiger charge is 2.34. The number of amides is 1. The Hall–Kier alpha value is -0.750. The molecule has 0 aliphatic carbocycles. The molecule has 1 aliphatic heterocycles. The van der Waals surface area contributed by atoms with E-state index in [1.165, 1.54) is 0 Å². The van der Waals surface area contributed by atoms with Crippen LogP contribution in [0, 0.1) is 0 Å². The van der Waals surface area contributed by atoms with Gasteiger partial charge in [-0.1, -0.05) is 0 Å². The van der Waals surface area contributed by atoms with Crippen molar-refractivity contribution in [1.82, 2.24) is 5.32 Å². The number of hydrogen-bond donors (Lipinski definition) is 2. The molecule has 1 saturated heterocycles. The number of carbonyl (C=O) groups is 2. The number of nitrogens with one attached hydrogen (secondary N) is 1. The van der Waals surface area contributed by atoms with Crippen LogP contribution in [0.25, 0.3) is 0 Å². The first-order valence-corrected chi connectivity index (χ1v) is 7.11. The van der Waals surface area contributed by atoms with E-state index in [0.29, 0.717) is 12.8 Å². The van der Waals surface area contributed by atoms with Crippen LogP contribution >= 0.6 is 11.8 Å². The number of thioether (sulfide) groups is 1. The fourth-order valence-corrected chi connectivity index (χ4v) is 2.30. The predicted octanol–water partition coefficient (Wildman–Crippen LogP) is 0.876. The van der Waals surface area contributed by atoms with Gasteiger partial charge in [0.2, 0.25) is 5.91 Å². The van der Waals surface area contributed by atoms with Crippen LogP contribution in [0.5, 0.6) is 0 Å². The van der Waals surface area contributed by atoms with E-state index in [2.05, 4.69) is 5.32 Å². The Bertz CT molecular complexity index is 285. The minimum absolute atomic E-state index is 0.0995. The van der Waals surface area contributed by atoms with Gasteiger partial charge in [-0.3, -0.25) is 4.79 Å². The van der Waals surface area contributed by atoms with Crippen LogP contribution in [-0.4, -0.2) is 47.2 Å². The number of carboxylic acid groups (broad SMARTS) is 1. The second kappa shape index (κ2) is 6.86. The smallest absolute Gasteiger partial charge is 0.332 e. The number of carbonyl (C=O) groups excluding carboxylic acids is 1. The van der Waals surface area contributed by atoms with Gasteiger partial charge in [-0.25, -0.2) is 4.79 Å². The Morgan fingerprint density at radius 1 is 1.47 bits per heavy atom. The third-order valence-corrected chi connectivity index (χ3v) is 3.38. The Labute approximate surface area is 105 Å². The van der Waals surface area contributed by atoms with Crippen molar-refractivity contribution < 1.29 is 19.4 Å². The number of rotatable bonds is 6. The van der Waals surface area contributed by atoms with Gasteiger partial charge >= 0.3 is 5.97 Å². The summed E-state index contributed by atoms with van der Waals surface area (Å²) >= 11 is 1.73. The van der Waals surface area contributed by atoms with E-state index in [0.717, 1.165) is 12.2 Å². The summed E-state index contributed by atoms with van der Waals surface area (Å²) < 4.78 is 5.17. The summed E-state index contributed by atoms with van der Waals surface area (Å²) in [5, 5.41) is 11.6. The lowest BCUT2D eigenvalue weighted by Gasteiger charge is -2.16. The molecule has 6 heteroatoms. The number of ether oxygens (including phenoxy) is 1. The molecule has 1 amide bonds. The van der Waals surface area contributed by atoms with Crippen LogP contribution < -0.4 is 5.32 Å². The fraction of sp³-hybridized carbons (Fsp3) is 0.818. The molecule has 0 bridgehead atoms. The molecule has 17 heavy (non-hydrogen) atoms. The second-order valence-corrected chi connectivity index (χ2v) is 5.21. The van der Waals surface area contributed by atoms with Crippen LogP contribution in [0.2, 0.25) is 0 Å². The van der Waals surface area contributed by atoms with Crippen molar-refractivity contribution >= 4 is 23.6 Å². The van der Waals surface area contributed by atoms with Gasteiger partial charge in [0, 0.05) is 6.04 Å². The van der Waals surface area contributed by atoms with Crippen molar-refractivity contribution in [1.29, 1.82) is 0 Å². The number of hydrogen-bond acceptors (Lipinski definition) is 4. The van der Waals surface area contributed by atoms with Crippen LogP contribution in [0.3, 0.4) is 0 Å². The van der Waals surface area contributed by atoms with Crippen LogP contribution in [-0.2, 0) is 14.3 Å². The first kappa shape index (κ1) is 14.3. The number of aliphatic carboxylic acids is 1. The quantitative estimate of drug-likeness (QED) is 0.742. The maximum atomic E-state index is 11.8. The van der Waals surface area contributed by atoms with Gasteiger partial charge in [-0.05, 0) is 38.2 Å². The summed E-state index contributed by atoms with van der Waals surface area (Å²) in [5.74, 6) is -0.192. The summed E-state index contributed by atoms with van der Waals surface area (Å²) in [6, 6.07) is 0.0995. The highest BCUT2D eigenvalue weighted by atomic mass is 32.2. The third kappa shape index (κ3) is 4.55. The van der Waals surface area contributed by atoms with Gasteiger partial charge in [0.05, 0.1) is 0 Å². The molecule has 0 aromatic heterocycles. The first-order chi connectivity index (χ1) is 8.04. The molecule has 98 valence electrons. The lowest BCUT2D eigenvalue weighted by molar-refractivity contribution is -0.151. The zero-order valence-electron chi connectivity index (χ0n) is 10.1. The van der Waals surface area contributed by atoms with Gasteiger partial charge in [-0.2, -0.15) is 11.8 Å². The highest BCUT2D eigenvalue weighted by Crippen LogP contribution is 2.20. The van der Waals surface area contributed by atoms with E-state index >= 15 is 0 Å². The van der Waals surface area contributed by atoms with Crippen molar-refractivity contribution in [3.8, 4) is 0 Å². The summed E-state index contributed by atoms with van der Waals surface area (Å²) in [7, 11) is 0. The molecule has 0 spiro atoms. The SMILES string of the molecule is CSCCC(C)NC(=O)[C@@H]1CC[C@H](C(=O)O)O1. The van der Waals surface area contributed by atoms with Gasteiger partial charge in [0.25, 0.3) is 0 Å². The van der Waals surface area contributed by atoms with Crippen molar-refractivity contribution in [2.75, 3.05) is 12.0 Å². The monoisotopic (exact) mass is 261 g/mol. The van der Waals surface area contributed by atoms with Crippen molar-refractivity contribution in [2.45, 2.75) is 44.4 Å². The molecular weight excluding hydrogens is 242 g/mol. The maximum absolute atomic E-state index is 11.8. The molecule has 3 atom stereocenters. The normalized spacial score (nSPS) is 25.5. The third-order valence-electron chi connectivity index (χ3n) is 2.73. The van der Waals surface area contributed by atoms with Gasteiger partial charge in [0.1, 0.15) is 6.10 Å². The van der Waals surface area contributed by atoms with E-state index in [9.17, 15) is 9.59 Å². The van der Waals surface area contributed by atoms with Crippen molar-refractivity contribution in [3.63, 3.8) is 0 Å². The van der Waals surface area contributed by atoms with Gasteiger partial charge in [0.15, 0.2) is 6.10 Å². The van der Waals surface area contributed by atoms with Crippen LogP contribution in [0.15, 0.2) is 0 Å². The Balaban J connectivity index is 2.31. The zero-order valence-corrected chi connectivity index (χ0v) is 11.0. The Morgan fingerprint density at radius 3 is 2.65 bits per heavy atom. The van der Waals surface area contributed by atoms with Crippen molar-refractivity contribution in [3.05, 3.63) is 0 Å². The summed E-state index contributed by atoms with van der Waals surface area (Å²) in [6.45, 7) is 1.94. The van der Waals surface area contributed by atoms with E-state index in [4.69, 9.17) is 9.84 Å². The largest absolute Gasteiger partial charge is 0.479 e. The molecular formula is C11H19NO4S. The van der Waals surface area contributed by atoms with Gasteiger partial charge < -0.3 is 15.2 Å². The number of carboxylic acids is 1. The minimum Gasteiger partial charge on any atom is -0.479 e. The molecule has 0 aromatic rings. The molecule has 1 heterocycles. The summed E-state index contributed by atoms with van der Waals surface area (Å²) in [4.78, 5) is 22.4. The standard InChI is InChI=1S/C11H19NO4S/c1-7(5-6-17-2)12-10(13)8-3-4-9(16-8)11(14)15/h7-9H,3-6H2,1-2H3,(H,12,13)(H,14,15)/t7?,8-,9+/m0/s1. The molecule has 2 N–H and O–H groups in total. The molecule has 1 rings (SSSR count). The minimum atomic E-state index is -0.990. The first-order valence-electron chi connectivity index (χ1n) is 5.72. The second-order valence-electron chi connectivity index (χ2n) is 4.22. The topological polar surface area (TPSA) is 75.6 Å². The van der Waals surface area contributed by atoms with Gasteiger partial charge in [-0.15, -0.1) is 0 Å². The van der Waals surface area contributed by atoms with E-state index < -0.39 is 18.2 Å². The Kier molecular flexibility index (Phi) is 5.77. The highest BCUT2D eigenvalue weighted by molar-refractivity contribution is 7.98. The predicted molar refractivity (Wildman–Crippen MR) is 66.1 cm³/mol. The van der Waals surface area contributed by atoms with E-state index in [1.54, 1.807) is 11.8 Å². The van der Waals surface area contributed by atoms with E-state index in [-0.39, 0.29) is 11.9 Å². The van der Waals surface area contributed by atoms with Crippen LogP contribution in [0.1, 0.15) is 26.2 Å². The summed E-state index contributed by atoms with van der Waals surface area (Å²) in [6.07, 6.45) is 2.39. The van der Waals surface area contributed by atoms with E-state index in [1.807, 2.05) is 13.2 Å². The summed E-state index contributed by atoms with van der Waals surface area (Å²) in [5.41, 5.74) is 0. The lowest BCUT2D eigenvalue weighted by atomic mass is 10.1. The average Bonchev–Trinajstić information content (AvgIpc) is 2.75. The molecule has 0 saturated carbocycles. The molecule has 1 unspecified atom stereocenters. The molecule has 0 aromatic carbocycles. The molecule has 1 fully saturated rings. The fourth-order valence-electron chi connectivity index (χ4n) is 1.71. The lowest BCUT2D eigenvalue weighted by Crippen LogP contribution is -2.40. The average molecular weight is 261 g/mol. The molecule has 1 aliphatic rings.